The molecule has 7 nitrogen and oxygen atoms in total. The van der Waals surface area contributed by atoms with E-state index in [0.717, 1.165) is 19.3 Å². The third-order valence-electron chi connectivity index (χ3n) is 4.56. The number of carboxylic acid groups (broad SMARTS) is 1. The smallest absolute Gasteiger partial charge is 0.358 e. The molecule has 1 saturated carbocycles. The monoisotopic (exact) mass is 328 g/mol. The first kappa shape index (κ1) is 16.2. The van der Waals surface area contributed by atoms with Crippen LogP contribution in [0.2, 0.25) is 0 Å². The molecular formula is C17H20N4O3. The Kier molecular flexibility index (Phi) is 4.59. The Labute approximate surface area is 139 Å². The molecule has 3 rings (SSSR count). The van der Waals surface area contributed by atoms with E-state index < -0.39 is 5.97 Å². The second-order valence-electron chi connectivity index (χ2n) is 6.40. The van der Waals surface area contributed by atoms with Crippen molar-refractivity contribution in [1.29, 1.82) is 0 Å². The van der Waals surface area contributed by atoms with Gasteiger partial charge in [-0.25, -0.2) is 9.48 Å². The summed E-state index contributed by atoms with van der Waals surface area (Å²) in [5.74, 6) is -1.34. The minimum absolute atomic E-state index is 0.0261. The van der Waals surface area contributed by atoms with Crippen LogP contribution in [0.3, 0.4) is 0 Å². The number of rotatable bonds is 7. The minimum atomic E-state index is -1.15. The van der Waals surface area contributed by atoms with Gasteiger partial charge in [-0.3, -0.25) is 4.79 Å². The van der Waals surface area contributed by atoms with Gasteiger partial charge >= 0.3 is 5.97 Å². The maximum Gasteiger partial charge on any atom is 0.358 e. The summed E-state index contributed by atoms with van der Waals surface area (Å²) >= 11 is 0. The predicted octanol–water partition coefficient (Wildman–Crippen LogP) is 1.51. The zero-order valence-electron chi connectivity index (χ0n) is 13.3. The topological polar surface area (TPSA) is 97.1 Å². The molecule has 0 saturated heterocycles. The molecule has 1 fully saturated rings. The first-order valence-electron chi connectivity index (χ1n) is 8.00. The van der Waals surface area contributed by atoms with Crippen molar-refractivity contribution in [3.8, 4) is 0 Å². The lowest BCUT2D eigenvalue weighted by molar-refractivity contribution is -0.122. The molecule has 1 aromatic carbocycles. The molecule has 1 aromatic heterocycles. The Balaban J connectivity index is 1.53. The van der Waals surface area contributed by atoms with Gasteiger partial charge in [0.15, 0.2) is 5.69 Å². The van der Waals surface area contributed by atoms with Crippen molar-refractivity contribution in [2.24, 2.45) is 5.41 Å². The van der Waals surface area contributed by atoms with Gasteiger partial charge in [0, 0.05) is 6.54 Å². The normalized spacial score (nSPS) is 15.5. The Morgan fingerprint density at radius 3 is 2.58 bits per heavy atom. The summed E-state index contributed by atoms with van der Waals surface area (Å²) in [4.78, 5) is 22.8. The molecule has 24 heavy (non-hydrogen) atoms. The number of carbonyl (C=O) groups excluding carboxylic acids is 1. The maximum absolute atomic E-state index is 12.1. The van der Waals surface area contributed by atoms with Crippen LogP contribution in [0.4, 0.5) is 0 Å². The van der Waals surface area contributed by atoms with Crippen molar-refractivity contribution in [3.05, 3.63) is 47.8 Å². The SMILES string of the molecule is O=C(Cn1cc(C(=O)O)nn1)NCC1(Cc2ccccc2)CCC1. The van der Waals surface area contributed by atoms with Crippen LogP contribution in [-0.4, -0.2) is 38.5 Å². The first-order valence-corrected chi connectivity index (χ1v) is 8.00. The van der Waals surface area contributed by atoms with Gasteiger partial charge in [0.25, 0.3) is 0 Å². The van der Waals surface area contributed by atoms with Crippen molar-refractivity contribution in [3.63, 3.8) is 0 Å². The third-order valence-corrected chi connectivity index (χ3v) is 4.56. The highest BCUT2D eigenvalue weighted by Crippen LogP contribution is 2.43. The van der Waals surface area contributed by atoms with Crippen LogP contribution in [0.15, 0.2) is 36.5 Å². The van der Waals surface area contributed by atoms with Crippen molar-refractivity contribution in [1.82, 2.24) is 20.3 Å². The van der Waals surface area contributed by atoms with E-state index >= 15 is 0 Å². The average Bonchev–Trinajstić information content (AvgIpc) is 2.99. The molecule has 1 heterocycles. The second-order valence-corrected chi connectivity index (χ2v) is 6.40. The fourth-order valence-electron chi connectivity index (χ4n) is 3.08. The Morgan fingerprint density at radius 1 is 1.25 bits per heavy atom. The number of amides is 1. The van der Waals surface area contributed by atoms with Crippen molar-refractivity contribution >= 4 is 11.9 Å². The van der Waals surface area contributed by atoms with Crippen LogP contribution in [0, 0.1) is 5.41 Å². The molecule has 0 aliphatic heterocycles. The first-order chi connectivity index (χ1) is 11.6. The molecule has 2 aromatic rings. The highest BCUT2D eigenvalue weighted by atomic mass is 16.4. The zero-order chi connectivity index (χ0) is 17.0. The van der Waals surface area contributed by atoms with Crippen molar-refractivity contribution < 1.29 is 14.7 Å². The molecule has 1 aliphatic carbocycles. The summed E-state index contributed by atoms with van der Waals surface area (Å²) in [6.07, 6.45) is 5.61. The lowest BCUT2D eigenvalue weighted by atomic mass is 9.65. The summed E-state index contributed by atoms with van der Waals surface area (Å²) in [6, 6.07) is 10.3. The van der Waals surface area contributed by atoms with Gasteiger partial charge in [0.1, 0.15) is 6.54 Å². The van der Waals surface area contributed by atoms with Crippen LogP contribution in [-0.2, 0) is 17.8 Å². The fourth-order valence-corrected chi connectivity index (χ4v) is 3.08. The number of hydrogen-bond acceptors (Lipinski definition) is 4. The molecule has 0 spiro atoms. The number of hydrogen-bond donors (Lipinski definition) is 2. The molecule has 126 valence electrons. The minimum Gasteiger partial charge on any atom is -0.476 e. The molecule has 7 heteroatoms. The summed E-state index contributed by atoms with van der Waals surface area (Å²) < 4.78 is 1.24. The third kappa shape index (κ3) is 3.79. The Bertz CT molecular complexity index is 722. The molecule has 1 amide bonds. The number of carbonyl (C=O) groups is 2. The highest BCUT2D eigenvalue weighted by molar-refractivity contribution is 5.84. The zero-order valence-corrected chi connectivity index (χ0v) is 13.3. The van der Waals surface area contributed by atoms with E-state index in [1.807, 2.05) is 18.2 Å². The van der Waals surface area contributed by atoms with Crippen LogP contribution in [0.5, 0.6) is 0 Å². The number of aromatic carboxylic acids is 1. The average molecular weight is 328 g/mol. The van der Waals surface area contributed by atoms with Gasteiger partial charge in [0.05, 0.1) is 6.20 Å². The molecule has 0 bridgehead atoms. The van der Waals surface area contributed by atoms with E-state index in [-0.39, 0.29) is 23.6 Å². The molecule has 0 atom stereocenters. The maximum atomic E-state index is 12.1. The van der Waals surface area contributed by atoms with Crippen LogP contribution < -0.4 is 5.32 Å². The standard InChI is InChI=1S/C17H20N4O3/c22-15(11-21-10-14(16(23)24)19-20-21)18-12-17(7-4-8-17)9-13-5-2-1-3-6-13/h1-3,5-6,10H,4,7-9,11-12H2,(H,18,22)(H,23,24). The predicted molar refractivity (Wildman–Crippen MR) is 86.4 cm³/mol. The van der Waals surface area contributed by atoms with Crippen LogP contribution >= 0.6 is 0 Å². The molecule has 0 radical (unpaired) electrons. The van der Waals surface area contributed by atoms with Crippen molar-refractivity contribution in [2.75, 3.05) is 6.54 Å². The lowest BCUT2D eigenvalue weighted by Crippen LogP contribution is -2.44. The number of nitrogens with one attached hydrogen (secondary N) is 1. The number of nitrogens with zero attached hydrogens (tertiary/aromatic N) is 3. The van der Waals surface area contributed by atoms with Gasteiger partial charge < -0.3 is 10.4 Å². The number of carboxylic acids is 1. The van der Waals surface area contributed by atoms with E-state index in [0.29, 0.717) is 6.54 Å². The fraction of sp³-hybridized carbons (Fsp3) is 0.412. The summed E-state index contributed by atoms with van der Waals surface area (Å²) in [5.41, 5.74) is 1.25. The second kappa shape index (κ2) is 6.82. The number of aromatic nitrogens is 3. The highest BCUT2D eigenvalue weighted by Gasteiger charge is 2.37. The summed E-state index contributed by atoms with van der Waals surface area (Å²) in [6.45, 7) is 0.600. The molecule has 1 aliphatic rings. The van der Waals surface area contributed by atoms with Crippen LogP contribution in [0.1, 0.15) is 35.3 Å². The Hall–Kier alpha value is -2.70. The van der Waals surface area contributed by atoms with Gasteiger partial charge in [-0.05, 0) is 30.2 Å². The largest absolute Gasteiger partial charge is 0.476 e. The number of benzene rings is 1. The van der Waals surface area contributed by atoms with Crippen molar-refractivity contribution in [2.45, 2.75) is 32.2 Å². The quantitative estimate of drug-likeness (QED) is 0.803. The Morgan fingerprint density at radius 2 is 2.00 bits per heavy atom. The van der Waals surface area contributed by atoms with Gasteiger partial charge in [-0.1, -0.05) is 42.0 Å². The van der Waals surface area contributed by atoms with E-state index in [2.05, 4.69) is 27.8 Å². The summed E-state index contributed by atoms with van der Waals surface area (Å²) in [7, 11) is 0. The van der Waals surface area contributed by atoms with Gasteiger partial charge in [-0.2, -0.15) is 0 Å². The molecule has 2 N–H and O–H groups in total. The van der Waals surface area contributed by atoms with Crippen LogP contribution in [0.25, 0.3) is 0 Å². The molecule has 0 unspecified atom stereocenters. The van der Waals surface area contributed by atoms with E-state index in [1.165, 1.54) is 22.9 Å². The van der Waals surface area contributed by atoms with Gasteiger partial charge in [0.2, 0.25) is 5.91 Å². The van der Waals surface area contributed by atoms with E-state index in [4.69, 9.17) is 5.11 Å². The lowest BCUT2D eigenvalue weighted by Gasteiger charge is -2.42. The summed E-state index contributed by atoms with van der Waals surface area (Å²) in [5, 5.41) is 18.9. The van der Waals surface area contributed by atoms with Gasteiger partial charge in [-0.15, -0.1) is 5.10 Å². The molecular weight excluding hydrogens is 308 g/mol. The van der Waals surface area contributed by atoms with E-state index in [1.54, 1.807) is 0 Å². The van der Waals surface area contributed by atoms with E-state index in [9.17, 15) is 9.59 Å².